The van der Waals surface area contributed by atoms with Crippen LogP contribution in [0.4, 0.5) is 18.0 Å². The van der Waals surface area contributed by atoms with Gasteiger partial charge in [-0.3, -0.25) is 0 Å². The molecule has 1 heterocycles. The third-order valence-electron chi connectivity index (χ3n) is 2.90. The second kappa shape index (κ2) is 6.99. The van der Waals surface area contributed by atoms with E-state index in [0.717, 1.165) is 17.7 Å². The van der Waals surface area contributed by atoms with E-state index >= 15 is 0 Å². The fourth-order valence-electron chi connectivity index (χ4n) is 1.77. The summed E-state index contributed by atoms with van der Waals surface area (Å²) in [5.74, 6) is 0.477. The minimum absolute atomic E-state index is 0.0540. The van der Waals surface area contributed by atoms with Gasteiger partial charge in [0.05, 0.1) is 5.56 Å². The van der Waals surface area contributed by atoms with E-state index in [-0.39, 0.29) is 12.4 Å². The maximum absolute atomic E-state index is 12.4. The van der Waals surface area contributed by atoms with Crippen LogP contribution in [0.5, 0.6) is 11.6 Å². The number of pyridine rings is 1. The van der Waals surface area contributed by atoms with Crippen molar-refractivity contribution < 1.29 is 27.8 Å². The molecule has 1 amide bonds. The molecular formula is C15H13F3N2O3. The number of ether oxygens (including phenoxy) is 1. The van der Waals surface area contributed by atoms with Gasteiger partial charge in [-0.2, -0.15) is 13.2 Å². The average Bonchev–Trinajstić information content (AvgIpc) is 2.48. The van der Waals surface area contributed by atoms with E-state index in [4.69, 9.17) is 9.84 Å². The van der Waals surface area contributed by atoms with E-state index in [0.29, 0.717) is 18.4 Å². The number of hydrogen-bond acceptors (Lipinski definition) is 3. The fraction of sp³-hybridized carbons (Fsp3) is 0.200. The molecule has 0 radical (unpaired) electrons. The number of nitrogens with one attached hydrogen (secondary N) is 1. The number of alkyl halides is 3. The van der Waals surface area contributed by atoms with Crippen molar-refractivity contribution in [1.29, 1.82) is 0 Å². The molecule has 0 atom stereocenters. The molecule has 0 aliphatic carbocycles. The molecule has 1 aromatic carbocycles. The van der Waals surface area contributed by atoms with Crippen molar-refractivity contribution in [3.05, 3.63) is 53.7 Å². The number of hydrogen-bond donors (Lipinski definition) is 2. The van der Waals surface area contributed by atoms with Crippen LogP contribution >= 0.6 is 0 Å². The molecule has 2 rings (SSSR count). The van der Waals surface area contributed by atoms with Crippen LogP contribution in [0.15, 0.2) is 42.6 Å². The quantitative estimate of drug-likeness (QED) is 0.879. The number of carbonyl (C=O) groups is 1. The standard InChI is InChI=1S/C15H13F3N2O3/c16-15(17,18)11-3-6-13(20-9-11)23-12-4-1-10(2-5-12)7-8-19-14(21)22/h1-6,9,19H,7-8H2,(H,21,22). The maximum atomic E-state index is 12.4. The second-order valence-electron chi connectivity index (χ2n) is 4.61. The Kier molecular flexibility index (Phi) is 5.05. The Bertz CT molecular complexity index is 655. The third-order valence-corrected chi connectivity index (χ3v) is 2.90. The van der Waals surface area contributed by atoms with Crippen LogP contribution in [-0.2, 0) is 12.6 Å². The van der Waals surface area contributed by atoms with Gasteiger partial charge in [0.2, 0.25) is 5.88 Å². The topological polar surface area (TPSA) is 71.5 Å². The van der Waals surface area contributed by atoms with E-state index in [1.54, 1.807) is 24.3 Å². The number of aromatic nitrogens is 1. The van der Waals surface area contributed by atoms with E-state index in [2.05, 4.69) is 10.3 Å². The van der Waals surface area contributed by atoms with Gasteiger partial charge < -0.3 is 15.2 Å². The van der Waals surface area contributed by atoms with E-state index in [1.165, 1.54) is 0 Å². The summed E-state index contributed by atoms with van der Waals surface area (Å²) in [4.78, 5) is 13.9. The summed E-state index contributed by atoms with van der Waals surface area (Å²) in [6.45, 7) is 0.288. The Hall–Kier alpha value is -2.77. The minimum Gasteiger partial charge on any atom is -0.465 e. The van der Waals surface area contributed by atoms with Gasteiger partial charge in [0.15, 0.2) is 0 Å². The van der Waals surface area contributed by atoms with Crippen molar-refractivity contribution in [1.82, 2.24) is 10.3 Å². The molecule has 0 unspecified atom stereocenters. The zero-order chi connectivity index (χ0) is 16.9. The SMILES string of the molecule is O=C(O)NCCc1ccc(Oc2ccc(C(F)(F)F)cn2)cc1. The van der Waals surface area contributed by atoms with Gasteiger partial charge in [0.1, 0.15) is 5.75 Å². The van der Waals surface area contributed by atoms with E-state index < -0.39 is 17.8 Å². The molecule has 0 bridgehead atoms. The van der Waals surface area contributed by atoms with Crippen LogP contribution in [0, 0.1) is 0 Å². The van der Waals surface area contributed by atoms with Crippen LogP contribution in [0.2, 0.25) is 0 Å². The lowest BCUT2D eigenvalue weighted by molar-refractivity contribution is -0.137. The first kappa shape index (κ1) is 16.6. The Labute approximate surface area is 129 Å². The largest absolute Gasteiger partial charge is 0.465 e. The van der Waals surface area contributed by atoms with Gasteiger partial charge in [-0.1, -0.05) is 12.1 Å². The number of halogens is 3. The predicted octanol–water partition coefficient (Wildman–Crippen LogP) is 3.70. The summed E-state index contributed by atoms with van der Waals surface area (Å²) in [7, 11) is 0. The Morgan fingerprint density at radius 1 is 1.17 bits per heavy atom. The molecular weight excluding hydrogens is 313 g/mol. The Morgan fingerprint density at radius 2 is 1.87 bits per heavy atom. The number of benzene rings is 1. The lowest BCUT2D eigenvalue weighted by atomic mass is 10.1. The number of nitrogens with zero attached hydrogens (tertiary/aromatic N) is 1. The van der Waals surface area contributed by atoms with Crippen molar-refractivity contribution >= 4 is 6.09 Å². The molecule has 2 aromatic rings. The first-order valence-electron chi connectivity index (χ1n) is 6.61. The summed E-state index contributed by atoms with van der Waals surface area (Å²) in [5.41, 5.74) is 0.0533. The van der Waals surface area contributed by atoms with Crippen molar-refractivity contribution in [3.63, 3.8) is 0 Å². The number of rotatable bonds is 5. The van der Waals surface area contributed by atoms with Crippen LogP contribution in [-0.4, -0.2) is 22.7 Å². The molecule has 0 aliphatic rings. The molecule has 0 aliphatic heterocycles. The van der Waals surface area contributed by atoms with Gasteiger partial charge in [0, 0.05) is 18.8 Å². The van der Waals surface area contributed by atoms with Crippen LogP contribution in [0.3, 0.4) is 0 Å². The summed E-state index contributed by atoms with van der Waals surface area (Å²) in [6.07, 6.45) is -4.29. The highest BCUT2D eigenvalue weighted by atomic mass is 19.4. The van der Waals surface area contributed by atoms with E-state index in [9.17, 15) is 18.0 Å². The van der Waals surface area contributed by atoms with Gasteiger partial charge in [-0.15, -0.1) is 0 Å². The molecule has 2 N–H and O–H groups in total. The normalized spacial score (nSPS) is 11.1. The molecule has 0 saturated heterocycles. The smallest absolute Gasteiger partial charge is 0.417 e. The molecule has 0 fully saturated rings. The number of carboxylic acid groups (broad SMARTS) is 1. The summed E-state index contributed by atoms with van der Waals surface area (Å²) in [5, 5.41) is 10.7. The Balaban J connectivity index is 1.94. The molecule has 122 valence electrons. The van der Waals surface area contributed by atoms with Crippen LogP contribution in [0.25, 0.3) is 0 Å². The maximum Gasteiger partial charge on any atom is 0.417 e. The first-order chi connectivity index (χ1) is 10.8. The third kappa shape index (κ3) is 5.17. The van der Waals surface area contributed by atoms with Gasteiger partial charge in [-0.25, -0.2) is 9.78 Å². The lowest BCUT2D eigenvalue weighted by Gasteiger charge is -2.08. The van der Waals surface area contributed by atoms with Crippen molar-refractivity contribution in [2.24, 2.45) is 0 Å². The molecule has 1 aromatic heterocycles. The van der Waals surface area contributed by atoms with Gasteiger partial charge in [0.25, 0.3) is 0 Å². The highest BCUT2D eigenvalue weighted by Crippen LogP contribution is 2.30. The van der Waals surface area contributed by atoms with Gasteiger partial charge in [-0.05, 0) is 30.2 Å². The summed E-state index contributed by atoms with van der Waals surface area (Å²) < 4.78 is 42.6. The lowest BCUT2D eigenvalue weighted by Crippen LogP contribution is -2.23. The van der Waals surface area contributed by atoms with Crippen LogP contribution < -0.4 is 10.1 Å². The molecule has 8 heteroatoms. The zero-order valence-corrected chi connectivity index (χ0v) is 11.8. The van der Waals surface area contributed by atoms with Gasteiger partial charge >= 0.3 is 12.3 Å². The number of amides is 1. The molecule has 23 heavy (non-hydrogen) atoms. The zero-order valence-electron chi connectivity index (χ0n) is 11.8. The molecule has 0 saturated carbocycles. The van der Waals surface area contributed by atoms with Crippen molar-refractivity contribution in [2.45, 2.75) is 12.6 Å². The minimum atomic E-state index is -4.43. The first-order valence-corrected chi connectivity index (χ1v) is 6.61. The van der Waals surface area contributed by atoms with Crippen molar-refractivity contribution in [3.8, 4) is 11.6 Å². The highest BCUT2D eigenvalue weighted by Gasteiger charge is 2.30. The molecule has 5 nitrogen and oxygen atoms in total. The predicted molar refractivity (Wildman–Crippen MR) is 75.5 cm³/mol. The Morgan fingerprint density at radius 3 is 2.39 bits per heavy atom. The highest BCUT2D eigenvalue weighted by molar-refractivity contribution is 5.64. The fourth-order valence-corrected chi connectivity index (χ4v) is 1.77. The average molecular weight is 326 g/mol. The summed E-state index contributed by atoms with van der Waals surface area (Å²) in [6, 6.07) is 8.79. The second-order valence-corrected chi connectivity index (χ2v) is 4.61. The van der Waals surface area contributed by atoms with Crippen molar-refractivity contribution in [2.75, 3.05) is 6.54 Å². The van der Waals surface area contributed by atoms with Crippen LogP contribution in [0.1, 0.15) is 11.1 Å². The molecule has 0 spiro atoms. The summed E-state index contributed by atoms with van der Waals surface area (Å²) >= 11 is 0. The van der Waals surface area contributed by atoms with E-state index in [1.807, 2.05) is 0 Å². The monoisotopic (exact) mass is 326 g/mol.